The summed E-state index contributed by atoms with van der Waals surface area (Å²) in [5.74, 6) is 2.12. The van der Waals surface area contributed by atoms with Crippen molar-refractivity contribution in [3.8, 4) is 11.5 Å². The van der Waals surface area contributed by atoms with E-state index >= 15 is 0 Å². The summed E-state index contributed by atoms with van der Waals surface area (Å²) < 4.78 is 12.9. The zero-order chi connectivity index (χ0) is 20.6. The lowest BCUT2D eigenvalue weighted by Gasteiger charge is -2.10. The van der Waals surface area contributed by atoms with Crippen molar-refractivity contribution in [2.45, 2.75) is 25.1 Å². The first-order chi connectivity index (χ1) is 14.1. The summed E-state index contributed by atoms with van der Waals surface area (Å²) in [6.45, 7) is 2.35. The first-order valence-electron chi connectivity index (χ1n) is 9.26. The van der Waals surface area contributed by atoms with E-state index in [2.05, 4.69) is 22.4 Å². The SMILES string of the molecule is CCc1ccc(NC(=O)CSc2nnc(COc3ccccc3OC)n2C)cc1. The minimum Gasteiger partial charge on any atom is -0.493 e. The number of anilines is 1. The molecule has 3 aromatic rings. The van der Waals surface area contributed by atoms with Gasteiger partial charge < -0.3 is 19.4 Å². The highest BCUT2D eigenvalue weighted by Crippen LogP contribution is 2.26. The molecule has 29 heavy (non-hydrogen) atoms. The smallest absolute Gasteiger partial charge is 0.234 e. The largest absolute Gasteiger partial charge is 0.493 e. The van der Waals surface area contributed by atoms with E-state index in [4.69, 9.17) is 9.47 Å². The van der Waals surface area contributed by atoms with Gasteiger partial charge in [0.2, 0.25) is 5.91 Å². The first kappa shape index (κ1) is 20.7. The number of amides is 1. The van der Waals surface area contributed by atoms with Crippen LogP contribution in [0.1, 0.15) is 18.3 Å². The van der Waals surface area contributed by atoms with Crippen molar-refractivity contribution in [3.63, 3.8) is 0 Å². The molecule has 8 heteroatoms. The minimum atomic E-state index is -0.0888. The van der Waals surface area contributed by atoms with Crippen molar-refractivity contribution in [2.24, 2.45) is 7.05 Å². The Bertz CT molecular complexity index is 957. The molecule has 0 unspecified atom stereocenters. The Kier molecular flexibility index (Phi) is 7.13. The van der Waals surface area contributed by atoms with Gasteiger partial charge >= 0.3 is 0 Å². The number of nitrogens with zero attached hydrogens (tertiary/aromatic N) is 3. The van der Waals surface area contributed by atoms with Gasteiger partial charge in [-0.25, -0.2) is 0 Å². The Balaban J connectivity index is 1.53. The number of aryl methyl sites for hydroxylation is 1. The number of thioether (sulfide) groups is 1. The Hall–Kier alpha value is -3.00. The molecule has 0 saturated carbocycles. The second kappa shape index (κ2) is 9.97. The molecule has 7 nitrogen and oxygen atoms in total. The molecule has 0 aliphatic carbocycles. The Labute approximate surface area is 174 Å². The van der Waals surface area contributed by atoms with E-state index < -0.39 is 0 Å². The number of carbonyl (C=O) groups excluding carboxylic acids is 1. The predicted molar refractivity (Wildman–Crippen MR) is 114 cm³/mol. The molecule has 0 spiro atoms. The molecular weight excluding hydrogens is 388 g/mol. The summed E-state index contributed by atoms with van der Waals surface area (Å²) in [4.78, 5) is 12.2. The van der Waals surface area contributed by atoms with Gasteiger partial charge in [0, 0.05) is 12.7 Å². The van der Waals surface area contributed by atoms with Gasteiger partial charge in [0.15, 0.2) is 22.5 Å². The quantitative estimate of drug-likeness (QED) is 0.540. The zero-order valence-corrected chi connectivity index (χ0v) is 17.5. The molecule has 0 bridgehead atoms. The topological polar surface area (TPSA) is 78.3 Å². The van der Waals surface area contributed by atoms with Crippen molar-refractivity contribution in [1.82, 2.24) is 14.8 Å². The van der Waals surface area contributed by atoms with Crippen LogP contribution in [0.4, 0.5) is 5.69 Å². The molecule has 0 aliphatic heterocycles. The molecule has 0 fully saturated rings. The summed E-state index contributed by atoms with van der Waals surface area (Å²) >= 11 is 1.33. The van der Waals surface area contributed by atoms with E-state index in [1.54, 1.807) is 7.11 Å². The van der Waals surface area contributed by atoms with Crippen molar-refractivity contribution >= 4 is 23.4 Å². The van der Waals surface area contributed by atoms with Crippen LogP contribution in [0.25, 0.3) is 0 Å². The van der Waals surface area contributed by atoms with Crippen LogP contribution in [-0.2, 0) is 24.9 Å². The zero-order valence-electron chi connectivity index (χ0n) is 16.7. The number of hydrogen-bond acceptors (Lipinski definition) is 6. The standard InChI is InChI=1S/C21H24N4O3S/c1-4-15-9-11-16(12-10-15)22-20(26)14-29-21-24-23-19(25(21)2)13-28-18-8-6-5-7-17(18)27-3/h5-12H,4,13-14H2,1-3H3,(H,22,26). The molecule has 152 valence electrons. The number of nitrogens with one attached hydrogen (secondary N) is 1. The van der Waals surface area contributed by atoms with Crippen LogP contribution in [0.15, 0.2) is 53.7 Å². The van der Waals surface area contributed by atoms with Gasteiger partial charge in [0.1, 0.15) is 6.61 Å². The highest BCUT2D eigenvalue weighted by molar-refractivity contribution is 7.99. The fourth-order valence-corrected chi connectivity index (χ4v) is 3.36. The average molecular weight is 413 g/mol. The lowest BCUT2D eigenvalue weighted by atomic mass is 10.1. The van der Waals surface area contributed by atoms with Crippen molar-refractivity contribution < 1.29 is 14.3 Å². The Morgan fingerprint density at radius 2 is 1.83 bits per heavy atom. The van der Waals surface area contributed by atoms with E-state index in [0.29, 0.717) is 22.5 Å². The number of carbonyl (C=O) groups is 1. The van der Waals surface area contributed by atoms with Gasteiger partial charge in [-0.2, -0.15) is 0 Å². The van der Waals surface area contributed by atoms with Gasteiger partial charge in [-0.1, -0.05) is 43.0 Å². The second-order valence-electron chi connectivity index (χ2n) is 6.28. The molecule has 2 aromatic carbocycles. The highest BCUT2D eigenvalue weighted by atomic mass is 32.2. The van der Waals surface area contributed by atoms with Crippen LogP contribution in [0.3, 0.4) is 0 Å². The maximum absolute atomic E-state index is 12.2. The number of methoxy groups -OCH3 is 1. The monoisotopic (exact) mass is 412 g/mol. The van der Waals surface area contributed by atoms with Crippen LogP contribution in [0, 0.1) is 0 Å². The van der Waals surface area contributed by atoms with Crippen LogP contribution in [0.5, 0.6) is 11.5 Å². The predicted octanol–water partition coefficient (Wildman–Crippen LogP) is 3.70. The summed E-state index contributed by atoms with van der Waals surface area (Å²) in [6, 6.07) is 15.3. The number of para-hydroxylation sites is 2. The summed E-state index contributed by atoms with van der Waals surface area (Å²) in [5.41, 5.74) is 2.02. The highest BCUT2D eigenvalue weighted by Gasteiger charge is 2.13. The van der Waals surface area contributed by atoms with Gasteiger partial charge in [-0.15, -0.1) is 10.2 Å². The minimum absolute atomic E-state index is 0.0888. The third kappa shape index (κ3) is 5.51. The van der Waals surface area contributed by atoms with Crippen molar-refractivity contribution in [2.75, 3.05) is 18.2 Å². The molecule has 1 aromatic heterocycles. The fraction of sp³-hybridized carbons (Fsp3) is 0.286. The molecule has 1 heterocycles. The second-order valence-corrected chi connectivity index (χ2v) is 7.23. The van der Waals surface area contributed by atoms with Gasteiger partial charge in [0.05, 0.1) is 12.9 Å². The van der Waals surface area contributed by atoms with Gasteiger partial charge in [0.25, 0.3) is 0 Å². The molecule has 0 aliphatic rings. The lowest BCUT2D eigenvalue weighted by Crippen LogP contribution is -2.14. The number of rotatable bonds is 9. The van der Waals surface area contributed by atoms with Crippen molar-refractivity contribution in [1.29, 1.82) is 0 Å². The van der Waals surface area contributed by atoms with E-state index in [1.807, 2.05) is 60.1 Å². The van der Waals surface area contributed by atoms with Gasteiger partial charge in [-0.05, 0) is 36.2 Å². The van der Waals surface area contributed by atoms with Crippen LogP contribution in [-0.4, -0.2) is 33.5 Å². The molecule has 0 saturated heterocycles. The Morgan fingerprint density at radius 3 is 2.52 bits per heavy atom. The van der Waals surface area contributed by atoms with Crippen LogP contribution >= 0.6 is 11.8 Å². The first-order valence-corrected chi connectivity index (χ1v) is 10.2. The number of hydrogen-bond donors (Lipinski definition) is 1. The molecule has 0 radical (unpaired) electrons. The molecule has 1 amide bonds. The number of benzene rings is 2. The van der Waals surface area contributed by atoms with E-state index in [1.165, 1.54) is 17.3 Å². The maximum Gasteiger partial charge on any atom is 0.234 e. The normalized spacial score (nSPS) is 10.6. The van der Waals surface area contributed by atoms with Crippen LogP contribution < -0.4 is 14.8 Å². The summed E-state index contributed by atoms with van der Waals surface area (Å²) in [7, 11) is 3.45. The summed E-state index contributed by atoms with van der Waals surface area (Å²) in [5, 5.41) is 11.9. The van der Waals surface area contributed by atoms with Crippen LogP contribution in [0.2, 0.25) is 0 Å². The summed E-state index contributed by atoms with van der Waals surface area (Å²) in [6.07, 6.45) is 0.972. The lowest BCUT2D eigenvalue weighted by molar-refractivity contribution is -0.113. The number of aromatic nitrogens is 3. The van der Waals surface area contributed by atoms with E-state index in [9.17, 15) is 4.79 Å². The third-order valence-electron chi connectivity index (χ3n) is 4.33. The molecule has 0 atom stereocenters. The van der Waals surface area contributed by atoms with Crippen molar-refractivity contribution in [3.05, 3.63) is 59.9 Å². The molecular formula is C21H24N4O3S. The average Bonchev–Trinajstić information content (AvgIpc) is 3.11. The maximum atomic E-state index is 12.2. The Morgan fingerprint density at radius 1 is 1.10 bits per heavy atom. The van der Waals surface area contributed by atoms with E-state index in [-0.39, 0.29) is 18.3 Å². The van der Waals surface area contributed by atoms with E-state index in [0.717, 1.165) is 12.1 Å². The molecule has 1 N–H and O–H groups in total. The molecule has 3 rings (SSSR count). The fourth-order valence-electron chi connectivity index (χ4n) is 2.63. The van der Waals surface area contributed by atoms with Gasteiger partial charge in [-0.3, -0.25) is 4.79 Å². The third-order valence-corrected chi connectivity index (χ3v) is 5.35. The number of ether oxygens (including phenoxy) is 2.